The number of aliphatic hydroxyl groups excluding tert-OH is 1. The summed E-state index contributed by atoms with van der Waals surface area (Å²) in [6.07, 6.45) is 2.39. The summed E-state index contributed by atoms with van der Waals surface area (Å²) < 4.78 is 0. The van der Waals surface area contributed by atoms with E-state index in [-0.39, 0.29) is 5.78 Å². The van der Waals surface area contributed by atoms with Crippen LogP contribution in [-0.2, 0) is 19.5 Å². The molecule has 3 atom stereocenters. The van der Waals surface area contributed by atoms with Gasteiger partial charge in [-0.25, -0.2) is 0 Å². The molecule has 0 amide bonds. The molecule has 0 bridgehead atoms. The fourth-order valence-electron chi connectivity index (χ4n) is 5.57. The Balaban J connectivity index is 1.52. The fourth-order valence-corrected chi connectivity index (χ4v) is 5.57. The molecule has 1 N–H and O–H groups in total. The molecule has 0 radical (unpaired) electrons. The average Bonchev–Trinajstić information content (AvgIpc) is 2.88. The molecule has 1 aliphatic rings. The number of rotatable bonds is 13. The van der Waals surface area contributed by atoms with Gasteiger partial charge in [-0.05, 0) is 62.4 Å². The minimum Gasteiger partial charge on any atom is -0.388 e. The van der Waals surface area contributed by atoms with Crippen LogP contribution < -0.4 is 0 Å². The van der Waals surface area contributed by atoms with Gasteiger partial charge in [0.15, 0.2) is 5.78 Å². The molecule has 2 aromatic carbocycles. The average molecular weight is 494 g/mol. The molecule has 0 spiro atoms. The van der Waals surface area contributed by atoms with Crippen LogP contribution in [0.4, 0.5) is 0 Å². The maximum absolute atomic E-state index is 11.7. The number of benzene rings is 2. The molecule has 5 heteroatoms. The fraction of sp³-hybridized carbons (Fsp3) is 0.581. The molecule has 198 valence electrons. The van der Waals surface area contributed by atoms with Crippen molar-refractivity contribution in [2.45, 2.75) is 72.6 Å². The van der Waals surface area contributed by atoms with Crippen molar-refractivity contribution in [2.24, 2.45) is 5.92 Å². The molecular weight excluding hydrogens is 446 g/mol. The van der Waals surface area contributed by atoms with E-state index in [1.165, 1.54) is 29.7 Å². The van der Waals surface area contributed by atoms with Crippen molar-refractivity contribution in [1.29, 1.82) is 0 Å². The van der Waals surface area contributed by atoms with Crippen molar-refractivity contribution < 1.29 is 9.90 Å². The third-order valence-corrected chi connectivity index (χ3v) is 7.75. The number of nitrogens with zero attached hydrogens (tertiary/aromatic N) is 3. The molecule has 1 aliphatic heterocycles. The second-order valence-electron chi connectivity index (χ2n) is 10.8. The van der Waals surface area contributed by atoms with Gasteiger partial charge in [0, 0.05) is 50.4 Å². The number of hydrogen-bond donors (Lipinski definition) is 1. The van der Waals surface area contributed by atoms with Crippen LogP contribution >= 0.6 is 0 Å². The Hall–Kier alpha value is -2.05. The lowest BCUT2D eigenvalue weighted by Gasteiger charge is -2.44. The van der Waals surface area contributed by atoms with E-state index < -0.39 is 6.61 Å². The highest BCUT2D eigenvalue weighted by atomic mass is 16.3. The summed E-state index contributed by atoms with van der Waals surface area (Å²) in [5.74, 6) is 0.490. The normalized spacial score (nSPS) is 20.1. The molecule has 1 saturated heterocycles. The zero-order valence-electron chi connectivity index (χ0n) is 23.1. The molecule has 36 heavy (non-hydrogen) atoms. The van der Waals surface area contributed by atoms with Gasteiger partial charge in [0.05, 0.1) is 0 Å². The van der Waals surface area contributed by atoms with Crippen LogP contribution in [-0.4, -0.2) is 77.0 Å². The monoisotopic (exact) mass is 493 g/mol. The number of aryl methyl sites for hydroxylation is 1. The first-order chi connectivity index (χ1) is 17.3. The first kappa shape index (κ1) is 28.5. The first-order valence-corrected chi connectivity index (χ1v) is 13.8. The standard InChI is InChI=1S/C31H47N3O2/c1-6-32(7-2)18-24(3)11-12-27-9-8-10-29(17-27)22-34-25(4)19-33(20-26(34)5)21-28-13-15-30(16-14-28)31(36)23-35/h8-10,13-17,24-26,35H,6-7,11-12,18-23H2,1-5H3/t24-,25-,26+/m0/s1. The second kappa shape index (κ2) is 14.0. The highest BCUT2D eigenvalue weighted by molar-refractivity contribution is 5.96. The minimum absolute atomic E-state index is 0.226. The van der Waals surface area contributed by atoms with E-state index in [1.807, 2.05) is 24.3 Å². The largest absolute Gasteiger partial charge is 0.388 e. The highest BCUT2D eigenvalue weighted by Crippen LogP contribution is 2.22. The van der Waals surface area contributed by atoms with E-state index in [4.69, 9.17) is 5.11 Å². The van der Waals surface area contributed by atoms with Gasteiger partial charge in [0.25, 0.3) is 0 Å². The van der Waals surface area contributed by atoms with Crippen LogP contribution in [0.5, 0.6) is 0 Å². The molecule has 0 saturated carbocycles. The van der Waals surface area contributed by atoms with Crippen molar-refractivity contribution in [1.82, 2.24) is 14.7 Å². The summed E-state index contributed by atoms with van der Waals surface area (Å²) in [4.78, 5) is 19.3. The molecule has 2 aromatic rings. The van der Waals surface area contributed by atoms with Gasteiger partial charge < -0.3 is 10.0 Å². The van der Waals surface area contributed by atoms with E-state index in [2.05, 4.69) is 73.6 Å². The maximum Gasteiger partial charge on any atom is 0.188 e. The highest BCUT2D eigenvalue weighted by Gasteiger charge is 2.29. The topological polar surface area (TPSA) is 47.0 Å². The van der Waals surface area contributed by atoms with E-state index in [1.54, 1.807) is 0 Å². The Morgan fingerprint density at radius 3 is 2.22 bits per heavy atom. The Morgan fingerprint density at radius 2 is 1.61 bits per heavy atom. The van der Waals surface area contributed by atoms with Gasteiger partial charge in [-0.15, -0.1) is 0 Å². The molecule has 0 aliphatic carbocycles. The molecule has 5 nitrogen and oxygen atoms in total. The summed E-state index contributed by atoms with van der Waals surface area (Å²) in [5.41, 5.74) is 4.66. The van der Waals surface area contributed by atoms with Crippen LogP contribution in [0.25, 0.3) is 0 Å². The molecule has 0 aromatic heterocycles. The van der Waals surface area contributed by atoms with Crippen LogP contribution in [0.3, 0.4) is 0 Å². The number of ketones is 1. The Bertz CT molecular complexity index is 929. The zero-order valence-corrected chi connectivity index (χ0v) is 23.1. The number of piperazine rings is 1. The third kappa shape index (κ3) is 8.24. The van der Waals surface area contributed by atoms with Gasteiger partial charge in [-0.1, -0.05) is 69.3 Å². The van der Waals surface area contributed by atoms with Crippen LogP contribution in [0.15, 0.2) is 48.5 Å². The Morgan fingerprint density at radius 1 is 0.972 bits per heavy atom. The predicted molar refractivity (Wildman–Crippen MR) is 149 cm³/mol. The van der Waals surface area contributed by atoms with Gasteiger partial charge in [-0.2, -0.15) is 0 Å². The van der Waals surface area contributed by atoms with Crippen molar-refractivity contribution in [3.8, 4) is 0 Å². The quantitative estimate of drug-likeness (QED) is 0.404. The lowest BCUT2D eigenvalue weighted by atomic mass is 9.98. The second-order valence-corrected chi connectivity index (χ2v) is 10.8. The first-order valence-electron chi connectivity index (χ1n) is 13.8. The van der Waals surface area contributed by atoms with Gasteiger partial charge >= 0.3 is 0 Å². The number of Topliss-reactive ketones (excluding diaryl/α,β-unsaturated/α-hetero) is 1. The number of aliphatic hydroxyl groups is 1. The molecular formula is C31H47N3O2. The SMILES string of the molecule is CCN(CC)C[C@@H](C)CCc1cccc(CN2[C@H](C)CN(Cc3ccc(C(=O)CO)cc3)C[C@@H]2C)c1. The van der Waals surface area contributed by atoms with E-state index in [0.29, 0.717) is 23.6 Å². The predicted octanol–water partition coefficient (Wildman–Crippen LogP) is 4.87. The Kier molecular flexibility index (Phi) is 11.1. The molecule has 3 rings (SSSR count). The zero-order chi connectivity index (χ0) is 26.1. The maximum atomic E-state index is 11.7. The third-order valence-electron chi connectivity index (χ3n) is 7.75. The molecule has 1 heterocycles. The number of carbonyl (C=O) groups is 1. The summed E-state index contributed by atoms with van der Waals surface area (Å²) in [5, 5.41) is 9.05. The van der Waals surface area contributed by atoms with Crippen molar-refractivity contribution in [3.63, 3.8) is 0 Å². The number of hydrogen-bond acceptors (Lipinski definition) is 5. The van der Waals surface area contributed by atoms with Gasteiger partial charge in [-0.3, -0.25) is 14.6 Å². The summed E-state index contributed by atoms with van der Waals surface area (Å²) in [6.45, 7) is 18.5. The van der Waals surface area contributed by atoms with E-state index in [0.717, 1.165) is 45.7 Å². The van der Waals surface area contributed by atoms with Crippen molar-refractivity contribution in [3.05, 3.63) is 70.8 Å². The van der Waals surface area contributed by atoms with Crippen LogP contribution in [0, 0.1) is 5.92 Å². The van der Waals surface area contributed by atoms with Crippen molar-refractivity contribution >= 4 is 5.78 Å². The van der Waals surface area contributed by atoms with Gasteiger partial charge in [0.1, 0.15) is 6.61 Å². The summed E-state index contributed by atoms with van der Waals surface area (Å²) in [6, 6.07) is 17.9. The minimum atomic E-state index is -0.435. The molecule has 0 unspecified atom stereocenters. The van der Waals surface area contributed by atoms with Crippen LogP contribution in [0.2, 0.25) is 0 Å². The lowest BCUT2D eigenvalue weighted by Crippen LogP contribution is -2.55. The van der Waals surface area contributed by atoms with E-state index >= 15 is 0 Å². The number of carbonyl (C=O) groups excluding carboxylic acids is 1. The smallest absolute Gasteiger partial charge is 0.188 e. The lowest BCUT2D eigenvalue weighted by molar-refractivity contribution is 0.0290. The van der Waals surface area contributed by atoms with Gasteiger partial charge in [0.2, 0.25) is 0 Å². The van der Waals surface area contributed by atoms with E-state index in [9.17, 15) is 4.79 Å². The Labute approximate surface area is 219 Å². The molecule has 1 fully saturated rings. The van der Waals surface area contributed by atoms with Crippen LogP contribution in [0.1, 0.15) is 68.1 Å². The summed E-state index contributed by atoms with van der Waals surface area (Å²) in [7, 11) is 0. The summed E-state index contributed by atoms with van der Waals surface area (Å²) >= 11 is 0. The van der Waals surface area contributed by atoms with Crippen molar-refractivity contribution in [2.75, 3.05) is 39.3 Å².